The van der Waals surface area contributed by atoms with E-state index in [1.54, 1.807) is 0 Å². The van der Waals surface area contributed by atoms with E-state index in [1.807, 2.05) is 0 Å². The smallest absolute Gasteiger partial charge is 0.143 e. The Labute approximate surface area is 116 Å². The van der Waals surface area contributed by atoms with Crippen molar-refractivity contribution in [3.8, 4) is 0 Å². The van der Waals surface area contributed by atoms with E-state index in [0.29, 0.717) is 5.78 Å². The lowest BCUT2D eigenvalue weighted by Gasteiger charge is -2.36. The van der Waals surface area contributed by atoms with E-state index < -0.39 is 0 Å². The van der Waals surface area contributed by atoms with Gasteiger partial charge in [0.25, 0.3) is 0 Å². The number of para-hydroxylation sites is 1. The topological polar surface area (TPSA) is 20.3 Å². The second kappa shape index (κ2) is 5.36. The summed E-state index contributed by atoms with van der Waals surface area (Å²) < 4.78 is 0. The van der Waals surface area contributed by atoms with Crippen LogP contribution in [0.4, 0.5) is 5.69 Å². The molecule has 0 bridgehead atoms. The average Bonchev–Trinajstić information content (AvgIpc) is 2.35. The number of ketones is 1. The van der Waals surface area contributed by atoms with E-state index in [2.05, 4.69) is 57.0 Å². The van der Waals surface area contributed by atoms with Crippen LogP contribution < -0.4 is 4.90 Å². The quantitative estimate of drug-likeness (QED) is 0.822. The van der Waals surface area contributed by atoms with Gasteiger partial charge in [0.05, 0.1) is 0 Å². The van der Waals surface area contributed by atoms with Crippen molar-refractivity contribution in [2.75, 3.05) is 18.5 Å². The fraction of sp³-hybridized carbons (Fsp3) is 0.588. The highest BCUT2D eigenvalue weighted by Crippen LogP contribution is 2.36. The molecule has 0 spiro atoms. The highest BCUT2D eigenvalue weighted by atomic mass is 16.1. The molecule has 1 atom stereocenters. The highest BCUT2D eigenvalue weighted by molar-refractivity contribution is 5.87. The minimum absolute atomic E-state index is 0.129. The standard InChI is InChI=1S/C17H25NO/c1-13-8-5-6-10-15(13)18(4)12-14-9-7-11-17(2,3)16(14)19/h5-6,8,10,14H,7,9,11-12H2,1-4H3. The fourth-order valence-corrected chi connectivity index (χ4v) is 3.19. The lowest BCUT2D eigenvalue weighted by molar-refractivity contribution is -0.133. The SMILES string of the molecule is Cc1ccccc1N(C)CC1CCCC(C)(C)C1=O. The maximum Gasteiger partial charge on any atom is 0.143 e. The van der Waals surface area contributed by atoms with Gasteiger partial charge in [-0.1, -0.05) is 38.5 Å². The summed E-state index contributed by atoms with van der Waals surface area (Å²) in [6.45, 7) is 7.15. The molecular weight excluding hydrogens is 234 g/mol. The van der Waals surface area contributed by atoms with Crippen LogP contribution in [0.2, 0.25) is 0 Å². The summed E-state index contributed by atoms with van der Waals surface area (Å²) in [5, 5.41) is 0. The van der Waals surface area contributed by atoms with Crippen molar-refractivity contribution in [2.45, 2.75) is 40.0 Å². The lowest BCUT2D eigenvalue weighted by Crippen LogP contribution is -2.40. The lowest BCUT2D eigenvalue weighted by atomic mass is 9.71. The van der Waals surface area contributed by atoms with Crippen LogP contribution in [0, 0.1) is 18.3 Å². The predicted molar refractivity (Wildman–Crippen MR) is 80.6 cm³/mol. The van der Waals surface area contributed by atoms with Crippen LogP contribution in [-0.2, 0) is 4.79 Å². The molecular formula is C17H25NO. The molecule has 0 aromatic heterocycles. The third-order valence-electron chi connectivity index (χ3n) is 4.41. The molecule has 0 N–H and O–H groups in total. The van der Waals surface area contributed by atoms with Crippen molar-refractivity contribution in [1.82, 2.24) is 0 Å². The zero-order chi connectivity index (χ0) is 14.0. The zero-order valence-electron chi connectivity index (χ0n) is 12.6. The van der Waals surface area contributed by atoms with Gasteiger partial charge in [-0.2, -0.15) is 0 Å². The first-order chi connectivity index (χ1) is 8.92. The summed E-state index contributed by atoms with van der Waals surface area (Å²) >= 11 is 0. The number of hydrogen-bond acceptors (Lipinski definition) is 2. The Kier molecular flexibility index (Phi) is 3.98. The average molecular weight is 259 g/mol. The summed E-state index contributed by atoms with van der Waals surface area (Å²) in [6.07, 6.45) is 3.25. The van der Waals surface area contributed by atoms with Crippen molar-refractivity contribution < 1.29 is 4.79 Å². The van der Waals surface area contributed by atoms with E-state index in [1.165, 1.54) is 17.7 Å². The van der Waals surface area contributed by atoms with Gasteiger partial charge in [-0.3, -0.25) is 4.79 Å². The van der Waals surface area contributed by atoms with E-state index in [-0.39, 0.29) is 11.3 Å². The number of benzene rings is 1. The Balaban J connectivity index is 2.09. The predicted octanol–water partition coefficient (Wildman–Crippen LogP) is 3.83. The Bertz CT molecular complexity index is 464. The number of rotatable bonds is 3. The Morgan fingerprint density at radius 3 is 2.68 bits per heavy atom. The van der Waals surface area contributed by atoms with Gasteiger partial charge in [0.15, 0.2) is 0 Å². The summed E-state index contributed by atoms with van der Waals surface area (Å²) in [5.41, 5.74) is 2.38. The van der Waals surface area contributed by atoms with Crippen LogP contribution in [0.1, 0.15) is 38.7 Å². The van der Waals surface area contributed by atoms with Crippen LogP contribution in [0.5, 0.6) is 0 Å². The molecule has 0 saturated heterocycles. The summed E-state index contributed by atoms with van der Waals surface area (Å²) in [4.78, 5) is 14.7. The van der Waals surface area contributed by atoms with Crippen molar-refractivity contribution in [1.29, 1.82) is 0 Å². The molecule has 1 aliphatic carbocycles. The first kappa shape index (κ1) is 14.1. The molecule has 2 nitrogen and oxygen atoms in total. The maximum atomic E-state index is 12.5. The van der Waals surface area contributed by atoms with Crippen LogP contribution in [0.15, 0.2) is 24.3 Å². The van der Waals surface area contributed by atoms with Gasteiger partial charge in [-0.05, 0) is 31.4 Å². The first-order valence-corrected chi connectivity index (χ1v) is 7.23. The number of hydrogen-bond donors (Lipinski definition) is 0. The molecule has 2 heteroatoms. The Morgan fingerprint density at radius 2 is 2.00 bits per heavy atom. The molecule has 1 aromatic carbocycles. The van der Waals surface area contributed by atoms with Crippen molar-refractivity contribution in [2.24, 2.45) is 11.3 Å². The molecule has 1 fully saturated rings. The van der Waals surface area contributed by atoms with Gasteiger partial charge >= 0.3 is 0 Å². The second-order valence-electron chi connectivity index (χ2n) is 6.50. The molecule has 0 radical (unpaired) electrons. The van der Waals surface area contributed by atoms with E-state index in [9.17, 15) is 4.79 Å². The minimum Gasteiger partial charge on any atom is -0.374 e. The third-order valence-corrected chi connectivity index (χ3v) is 4.41. The van der Waals surface area contributed by atoms with E-state index in [4.69, 9.17) is 0 Å². The molecule has 0 amide bonds. The van der Waals surface area contributed by atoms with E-state index >= 15 is 0 Å². The second-order valence-corrected chi connectivity index (χ2v) is 6.50. The normalized spacial score (nSPS) is 22.3. The van der Waals surface area contributed by atoms with Gasteiger partial charge in [-0.25, -0.2) is 0 Å². The van der Waals surface area contributed by atoms with Gasteiger partial charge in [0.2, 0.25) is 0 Å². The zero-order valence-corrected chi connectivity index (χ0v) is 12.6. The van der Waals surface area contributed by atoms with Crippen LogP contribution in [0.25, 0.3) is 0 Å². The number of nitrogens with zero attached hydrogens (tertiary/aromatic N) is 1. The number of anilines is 1. The van der Waals surface area contributed by atoms with Gasteiger partial charge in [-0.15, -0.1) is 0 Å². The molecule has 1 aromatic rings. The number of carbonyl (C=O) groups is 1. The van der Waals surface area contributed by atoms with Gasteiger partial charge in [0.1, 0.15) is 5.78 Å². The van der Waals surface area contributed by atoms with Crippen molar-refractivity contribution in [3.63, 3.8) is 0 Å². The van der Waals surface area contributed by atoms with Gasteiger partial charge in [0, 0.05) is 30.6 Å². The molecule has 104 valence electrons. The number of carbonyl (C=O) groups excluding carboxylic acids is 1. The number of aryl methyl sites for hydroxylation is 1. The molecule has 0 aliphatic heterocycles. The Hall–Kier alpha value is -1.31. The van der Waals surface area contributed by atoms with Crippen LogP contribution >= 0.6 is 0 Å². The highest BCUT2D eigenvalue weighted by Gasteiger charge is 2.37. The molecule has 1 unspecified atom stereocenters. The van der Waals surface area contributed by atoms with Crippen LogP contribution in [0.3, 0.4) is 0 Å². The molecule has 0 heterocycles. The molecule has 2 rings (SSSR count). The Morgan fingerprint density at radius 1 is 1.32 bits per heavy atom. The first-order valence-electron chi connectivity index (χ1n) is 7.23. The largest absolute Gasteiger partial charge is 0.374 e. The molecule has 1 saturated carbocycles. The number of Topliss-reactive ketones (excluding diaryl/α,β-unsaturated/α-hetero) is 1. The summed E-state index contributed by atoms with van der Waals surface area (Å²) in [6, 6.07) is 8.37. The summed E-state index contributed by atoms with van der Waals surface area (Å²) in [7, 11) is 2.09. The summed E-state index contributed by atoms with van der Waals surface area (Å²) in [5.74, 6) is 0.632. The fourth-order valence-electron chi connectivity index (χ4n) is 3.19. The monoisotopic (exact) mass is 259 g/mol. The minimum atomic E-state index is -0.129. The van der Waals surface area contributed by atoms with Crippen molar-refractivity contribution >= 4 is 11.5 Å². The third kappa shape index (κ3) is 2.99. The van der Waals surface area contributed by atoms with Gasteiger partial charge < -0.3 is 4.90 Å². The molecule has 1 aliphatic rings. The molecule has 19 heavy (non-hydrogen) atoms. The van der Waals surface area contributed by atoms with E-state index in [0.717, 1.165) is 19.4 Å². The van der Waals surface area contributed by atoms with Crippen LogP contribution in [-0.4, -0.2) is 19.4 Å². The van der Waals surface area contributed by atoms with Crippen molar-refractivity contribution in [3.05, 3.63) is 29.8 Å². The maximum absolute atomic E-state index is 12.5.